The standard InChI is InChI=1S/C13H20ClN3/c1-9-3-2-4-10(5-9)7-16-13-12(14)6-11(15)8-17-13/h6,8-10H,2-5,7,15H2,1H3,(H,16,17). The molecule has 4 heteroatoms. The number of halogens is 1. The van der Waals surface area contributed by atoms with Gasteiger partial charge in [-0.3, -0.25) is 0 Å². The highest BCUT2D eigenvalue weighted by Gasteiger charge is 2.18. The van der Waals surface area contributed by atoms with Crippen LogP contribution in [0.3, 0.4) is 0 Å². The van der Waals surface area contributed by atoms with Crippen molar-refractivity contribution in [3.63, 3.8) is 0 Å². The molecule has 2 rings (SSSR count). The molecule has 1 heterocycles. The number of rotatable bonds is 3. The number of nitrogens with two attached hydrogens (primary N) is 1. The van der Waals surface area contributed by atoms with Gasteiger partial charge in [0.25, 0.3) is 0 Å². The van der Waals surface area contributed by atoms with E-state index in [1.165, 1.54) is 25.7 Å². The number of nitrogen functional groups attached to an aromatic ring is 1. The monoisotopic (exact) mass is 253 g/mol. The van der Waals surface area contributed by atoms with Crippen LogP contribution in [0.4, 0.5) is 11.5 Å². The molecule has 1 aliphatic carbocycles. The van der Waals surface area contributed by atoms with Crippen LogP contribution >= 0.6 is 11.6 Å². The number of hydrogen-bond donors (Lipinski definition) is 2. The summed E-state index contributed by atoms with van der Waals surface area (Å²) in [6, 6.07) is 1.74. The van der Waals surface area contributed by atoms with Crippen LogP contribution in [0.15, 0.2) is 12.3 Å². The molecule has 1 aromatic rings. The van der Waals surface area contributed by atoms with E-state index in [4.69, 9.17) is 17.3 Å². The van der Waals surface area contributed by atoms with E-state index in [1.807, 2.05) is 0 Å². The van der Waals surface area contributed by atoms with Crippen molar-refractivity contribution in [3.8, 4) is 0 Å². The Morgan fingerprint density at radius 3 is 3.06 bits per heavy atom. The maximum Gasteiger partial charge on any atom is 0.144 e. The maximum atomic E-state index is 6.07. The summed E-state index contributed by atoms with van der Waals surface area (Å²) in [7, 11) is 0. The molecule has 0 bridgehead atoms. The van der Waals surface area contributed by atoms with Crippen molar-refractivity contribution in [3.05, 3.63) is 17.3 Å². The molecule has 1 fully saturated rings. The van der Waals surface area contributed by atoms with Crippen LogP contribution in [0.2, 0.25) is 5.02 Å². The van der Waals surface area contributed by atoms with E-state index in [-0.39, 0.29) is 0 Å². The molecule has 2 atom stereocenters. The van der Waals surface area contributed by atoms with E-state index in [1.54, 1.807) is 12.3 Å². The van der Waals surface area contributed by atoms with Crippen LogP contribution in [-0.4, -0.2) is 11.5 Å². The first-order valence-electron chi connectivity index (χ1n) is 6.30. The molecule has 0 radical (unpaired) electrons. The van der Waals surface area contributed by atoms with E-state index in [9.17, 15) is 0 Å². The lowest BCUT2D eigenvalue weighted by atomic mass is 9.82. The van der Waals surface area contributed by atoms with Crippen LogP contribution < -0.4 is 11.1 Å². The topological polar surface area (TPSA) is 50.9 Å². The van der Waals surface area contributed by atoms with Crippen molar-refractivity contribution in [1.29, 1.82) is 0 Å². The molecule has 3 N–H and O–H groups in total. The van der Waals surface area contributed by atoms with Gasteiger partial charge in [-0.25, -0.2) is 4.98 Å². The van der Waals surface area contributed by atoms with Gasteiger partial charge < -0.3 is 11.1 Å². The van der Waals surface area contributed by atoms with E-state index >= 15 is 0 Å². The number of hydrogen-bond acceptors (Lipinski definition) is 3. The highest BCUT2D eigenvalue weighted by Crippen LogP contribution is 2.29. The van der Waals surface area contributed by atoms with Crippen molar-refractivity contribution in [2.24, 2.45) is 11.8 Å². The smallest absolute Gasteiger partial charge is 0.144 e. The number of nitrogens with one attached hydrogen (secondary N) is 1. The number of anilines is 2. The van der Waals surface area contributed by atoms with Gasteiger partial charge in [-0.1, -0.05) is 31.4 Å². The highest BCUT2D eigenvalue weighted by molar-refractivity contribution is 6.33. The first-order valence-corrected chi connectivity index (χ1v) is 6.68. The minimum absolute atomic E-state index is 0.604. The fraction of sp³-hybridized carbons (Fsp3) is 0.615. The van der Waals surface area contributed by atoms with Gasteiger partial charge in [0, 0.05) is 6.54 Å². The normalized spacial score (nSPS) is 24.6. The van der Waals surface area contributed by atoms with Gasteiger partial charge in [0.2, 0.25) is 0 Å². The molecular weight excluding hydrogens is 234 g/mol. The zero-order chi connectivity index (χ0) is 12.3. The third-order valence-electron chi connectivity index (χ3n) is 3.47. The van der Waals surface area contributed by atoms with Crippen molar-refractivity contribution in [1.82, 2.24) is 4.98 Å². The van der Waals surface area contributed by atoms with Gasteiger partial charge in [-0.2, -0.15) is 0 Å². The van der Waals surface area contributed by atoms with Gasteiger partial charge in [-0.15, -0.1) is 0 Å². The second kappa shape index (κ2) is 5.58. The second-order valence-corrected chi connectivity index (χ2v) is 5.52. The molecule has 2 unspecified atom stereocenters. The molecule has 1 saturated carbocycles. The van der Waals surface area contributed by atoms with E-state index in [0.29, 0.717) is 10.7 Å². The number of pyridine rings is 1. The van der Waals surface area contributed by atoms with Crippen molar-refractivity contribution in [2.75, 3.05) is 17.6 Å². The van der Waals surface area contributed by atoms with E-state index in [0.717, 1.165) is 24.2 Å². The Morgan fingerprint density at radius 1 is 1.53 bits per heavy atom. The van der Waals surface area contributed by atoms with E-state index < -0.39 is 0 Å². The molecule has 0 spiro atoms. The first-order chi connectivity index (χ1) is 8.15. The second-order valence-electron chi connectivity index (χ2n) is 5.12. The van der Waals surface area contributed by atoms with Crippen LogP contribution in [-0.2, 0) is 0 Å². The molecule has 3 nitrogen and oxygen atoms in total. The summed E-state index contributed by atoms with van der Waals surface area (Å²) in [6.45, 7) is 3.29. The van der Waals surface area contributed by atoms with Crippen LogP contribution in [0.1, 0.15) is 32.6 Å². The lowest BCUT2D eigenvalue weighted by Crippen LogP contribution is -2.21. The molecule has 0 amide bonds. The van der Waals surface area contributed by atoms with Gasteiger partial charge >= 0.3 is 0 Å². The van der Waals surface area contributed by atoms with E-state index in [2.05, 4.69) is 17.2 Å². The number of nitrogens with zero attached hydrogens (tertiary/aromatic N) is 1. The van der Waals surface area contributed by atoms with Crippen LogP contribution in [0.25, 0.3) is 0 Å². The third kappa shape index (κ3) is 3.50. The summed E-state index contributed by atoms with van der Waals surface area (Å²) in [5.74, 6) is 2.35. The molecule has 0 aromatic carbocycles. The molecule has 17 heavy (non-hydrogen) atoms. The average molecular weight is 254 g/mol. The Morgan fingerprint density at radius 2 is 2.35 bits per heavy atom. The lowest BCUT2D eigenvalue weighted by molar-refractivity contribution is 0.293. The van der Waals surface area contributed by atoms with Crippen molar-refractivity contribution < 1.29 is 0 Å². The summed E-state index contributed by atoms with van der Waals surface area (Å²) < 4.78 is 0. The number of aromatic nitrogens is 1. The Hall–Kier alpha value is -0.960. The Labute approximate surface area is 108 Å². The summed E-state index contributed by atoms with van der Waals surface area (Å²) in [5.41, 5.74) is 6.21. The minimum Gasteiger partial charge on any atom is -0.397 e. The molecular formula is C13H20ClN3. The lowest BCUT2D eigenvalue weighted by Gasteiger charge is -2.27. The third-order valence-corrected chi connectivity index (χ3v) is 3.75. The van der Waals surface area contributed by atoms with Crippen LogP contribution in [0, 0.1) is 11.8 Å². The molecule has 1 aromatic heterocycles. The minimum atomic E-state index is 0.604. The predicted octanol–water partition coefficient (Wildman–Crippen LogP) is 3.56. The summed E-state index contributed by atoms with van der Waals surface area (Å²) in [5, 5.41) is 3.94. The zero-order valence-electron chi connectivity index (χ0n) is 10.2. The maximum absolute atomic E-state index is 6.07. The van der Waals surface area contributed by atoms with Gasteiger partial charge in [-0.05, 0) is 30.7 Å². The predicted molar refractivity (Wildman–Crippen MR) is 73.3 cm³/mol. The van der Waals surface area contributed by atoms with Crippen LogP contribution in [0.5, 0.6) is 0 Å². The fourth-order valence-electron chi connectivity index (χ4n) is 2.57. The summed E-state index contributed by atoms with van der Waals surface area (Å²) >= 11 is 6.07. The van der Waals surface area contributed by atoms with Gasteiger partial charge in [0.05, 0.1) is 16.9 Å². The molecule has 0 aliphatic heterocycles. The highest BCUT2D eigenvalue weighted by atomic mass is 35.5. The van der Waals surface area contributed by atoms with Crippen molar-refractivity contribution >= 4 is 23.1 Å². The first kappa shape index (κ1) is 12.5. The SMILES string of the molecule is CC1CCCC(CNc2ncc(N)cc2Cl)C1. The zero-order valence-corrected chi connectivity index (χ0v) is 11.0. The summed E-state index contributed by atoms with van der Waals surface area (Å²) in [4.78, 5) is 4.21. The Kier molecular flexibility index (Phi) is 4.11. The quantitative estimate of drug-likeness (QED) is 0.866. The van der Waals surface area contributed by atoms with Crippen molar-refractivity contribution in [2.45, 2.75) is 32.6 Å². The Balaban J connectivity index is 1.88. The molecule has 94 valence electrons. The Bertz CT molecular complexity index is 381. The summed E-state index contributed by atoms with van der Waals surface area (Å²) in [6.07, 6.45) is 6.97. The average Bonchev–Trinajstić information content (AvgIpc) is 2.28. The van der Waals surface area contributed by atoms with Gasteiger partial charge in [0.1, 0.15) is 5.82 Å². The molecule has 1 aliphatic rings. The molecule has 0 saturated heterocycles. The van der Waals surface area contributed by atoms with Gasteiger partial charge in [0.15, 0.2) is 0 Å². The largest absolute Gasteiger partial charge is 0.397 e. The fourth-order valence-corrected chi connectivity index (χ4v) is 2.81.